The highest BCUT2D eigenvalue weighted by Gasteiger charge is 2.34. The van der Waals surface area contributed by atoms with Crippen molar-refractivity contribution < 1.29 is 22.8 Å². The number of nitrogens with zero attached hydrogens (tertiary/aromatic N) is 1. The van der Waals surface area contributed by atoms with Crippen LogP contribution in [0.1, 0.15) is 38.2 Å². The van der Waals surface area contributed by atoms with Gasteiger partial charge in [-0.2, -0.15) is 13.2 Å². The number of amides is 2. The molecule has 0 aromatic heterocycles. The van der Waals surface area contributed by atoms with Gasteiger partial charge in [-0.1, -0.05) is 42.0 Å². The van der Waals surface area contributed by atoms with Gasteiger partial charge in [0.05, 0.1) is 15.8 Å². The largest absolute Gasteiger partial charge is 0.417 e. The summed E-state index contributed by atoms with van der Waals surface area (Å²) in [5, 5.41) is 1.88. The lowest BCUT2D eigenvalue weighted by molar-refractivity contribution is -0.137. The van der Waals surface area contributed by atoms with Crippen LogP contribution in [-0.4, -0.2) is 32.8 Å². The van der Waals surface area contributed by atoms with Crippen LogP contribution in [-0.2, 0) is 15.8 Å². The van der Waals surface area contributed by atoms with Crippen LogP contribution >= 0.6 is 35.6 Å². The quantitative estimate of drug-likeness (QED) is 0.475. The van der Waals surface area contributed by atoms with E-state index in [1.807, 2.05) is 6.92 Å². The number of carbonyl (C=O) groups is 2. The van der Waals surface area contributed by atoms with E-state index in [1.165, 1.54) is 17.8 Å². The average molecular weight is 439 g/mol. The summed E-state index contributed by atoms with van der Waals surface area (Å²) in [5.41, 5.74) is -0.934. The third-order valence-electron chi connectivity index (χ3n) is 3.95. The number of hydrogen-bond donors (Lipinski definition) is 1. The molecule has 4 nitrogen and oxygen atoms in total. The van der Waals surface area contributed by atoms with E-state index in [-0.39, 0.29) is 29.2 Å². The number of nitrogens with one attached hydrogen (secondary N) is 1. The van der Waals surface area contributed by atoms with E-state index in [2.05, 4.69) is 5.32 Å². The summed E-state index contributed by atoms with van der Waals surface area (Å²) in [6.45, 7) is 2.33. The third-order valence-corrected chi connectivity index (χ3v) is 5.77. The van der Waals surface area contributed by atoms with Gasteiger partial charge in [-0.15, -0.1) is 0 Å². The molecule has 0 bridgehead atoms. The minimum Gasteiger partial charge on any atom is -0.326 e. The predicted molar refractivity (Wildman–Crippen MR) is 105 cm³/mol. The van der Waals surface area contributed by atoms with Gasteiger partial charge in [0, 0.05) is 18.7 Å². The monoisotopic (exact) mass is 438 g/mol. The smallest absolute Gasteiger partial charge is 0.326 e. The van der Waals surface area contributed by atoms with Gasteiger partial charge in [0.2, 0.25) is 11.8 Å². The molecule has 0 aliphatic carbocycles. The molecule has 1 fully saturated rings. The van der Waals surface area contributed by atoms with Crippen LogP contribution in [0.15, 0.2) is 18.2 Å². The fraction of sp³-hybridized carbons (Fsp3) is 0.471. The minimum atomic E-state index is -4.58. The summed E-state index contributed by atoms with van der Waals surface area (Å²) in [7, 11) is 0. The fourth-order valence-corrected chi connectivity index (χ4v) is 4.23. The first-order chi connectivity index (χ1) is 12.6. The number of thioether (sulfide) groups is 1. The van der Waals surface area contributed by atoms with Crippen LogP contribution in [0.25, 0.3) is 0 Å². The van der Waals surface area contributed by atoms with Crippen molar-refractivity contribution in [2.24, 2.45) is 0 Å². The first-order valence-corrected chi connectivity index (χ1v) is 9.95. The second kappa shape index (κ2) is 9.25. The molecule has 1 N–H and O–H groups in total. The highest BCUT2D eigenvalue weighted by atomic mass is 35.5. The maximum absolute atomic E-state index is 12.8. The maximum atomic E-state index is 12.8. The third kappa shape index (κ3) is 6.08. The van der Waals surface area contributed by atoms with Crippen LogP contribution in [0.2, 0.25) is 5.02 Å². The van der Waals surface area contributed by atoms with E-state index in [0.717, 1.165) is 12.1 Å². The first-order valence-electron chi connectivity index (χ1n) is 8.28. The van der Waals surface area contributed by atoms with E-state index >= 15 is 0 Å². The molecule has 2 rings (SSSR count). The maximum Gasteiger partial charge on any atom is 0.417 e. The molecule has 1 unspecified atom stereocenters. The lowest BCUT2D eigenvalue weighted by Crippen LogP contribution is -2.31. The van der Waals surface area contributed by atoms with Gasteiger partial charge in [0.15, 0.2) is 0 Å². The van der Waals surface area contributed by atoms with Crippen molar-refractivity contribution in [3.8, 4) is 0 Å². The summed E-state index contributed by atoms with van der Waals surface area (Å²) in [6, 6.07) is 3.25. The standard InChI is InChI=1S/C17H18ClF3N2O2S2/c1-10-15(25)23(16(26)27-10)8-4-2-3-5-14(24)22-11-6-7-13(18)12(9-11)17(19,20)21/h6-7,9-10H,2-5,8H2,1H3,(H,22,24). The highest BCUT2D eigenvalue weighted by molar-refractivity contribution is 8.24. The van der Waals surface area contributed by atoms with Gasteiger partial charge in [-0.3, -0.25) is 14.5 Å². The number of unbranched alkanes of at least 4 members (excludes halogenated alkanes) is 2. The Hall–Kier alpha value is -1.32. The van der Waals surface area contributed by atoms with Gasteiger partial charge < -0.3 is 5.32 Å². The van der Waals surface area contributed by atoms with Gasteiger partial charge in [-0.05, 0) is 38.0 Å². The Morgan fingerprint density at radius 3 is 2.63 bits per heavy atom. The zero-order valence-corrected chi connectivity index (χ0v) is 16.8. The number of thiocarbonyl (C=S) groups is 1. The molecule has 1 aromatic carbocycles. The molecule has 27 heavy (non-hydrogen) atoms. The number of halogens is 4. The molecule has 10 heteroatoms. The van der Waals surface area contributed by atoms with Crippen molar-refractivity contribution in [1.29, 1.82) is 0 Å². The number of rotatable bonds is 7. The molecule has 0 saturated carbocycles. The molecule has 1 heterocycles. The molecule has 2 amide bonds. The Morgan fingerprint density at radius 1 is 1.33 bits per heavy atom. The van der Waals surface area contributed by atoms with E-state index in [4.69, 9.17) is 23.8 Å². The van der Waals surface area contributed by atoms with E-state index in [1.54, 1.807) is 4.90 Å². The van der Waals surface area contributed by atoms with Crippen LogP contribution in [0, 0.1) is 0 Å². The topological polar surface area (TPSA) is 49.4 Å². The summed E-state index contributed by atoms with van der Waals surface area (Å²) < 4.78 is 39.1. The van der Waals surface area contributed by atoms with E-state index < -0.39 is 16.8 Å². The van der Waals surface area contributed by atoms with Crippen LogP contribution in [0.5, 0.6) is 0 Å². The van der Waals surface area contributed by atoms with Crippen molar-refractivity contribution in [2.45, 2.75) is 44.0 Å². The van der Waals surface area contributed by atoms with Gasteiger partial charge in [-0.25, -0.2) is 0 Å². The summed E-state index contributed by atoms with van der Waals surface area (Å²) in [5.74, 6) is -0.367. The Morgan fingerprint density at radius 2 is 2.04 bits per heavy atom. The van der Waals surface area contributed by atoms with E-state index in [9.17, 15) is 22.8 Å². The van der Waals surface area contributed by atoms with Crippen molar-refractivity contribution in [2.75, 3.05) is 11.9 Å². The first kappa shape index (κ1) is 22.0. The van der Waals surface area contributed by atoms with Gasteiger partial charge in [0.25, 0.3) is 0 Å². The SMILES string of the molecule is CC1SC(=S)N(CCCCCC(=O)Nc2ccc(Cl)c(C(F)(F)F)c2)C1=O. The lowest BCUT2D eigenvalue weighted by Gasteiger charge is -2.14. The molecule has 1 aliphatic rings. The molecule has 1 saturated heterocycles. The number of alkyl halides is 3. The highest BCUT2D eigenvalue weighted by Crippen LogP contribution is 2.36. The van der Waals surface area contributed by atoms with Crippen molar-refractivity contribution in [3.63, 3.8) is 0 Å². The van der Waals surface area contributed by atoms with Crippen LogP contribution in [0.4, 0.5) is 18.9 Å². The molecular formula is C17H18ClF3N2O2S2. The Bertz CT molecular complexity index is 743. The van der Waals surface area contributed by atoms with Crippen molar-refractivity contribution in [1.82, 2.24) is 4.90 Å². The Kier molecular flexibility index (Phi) is 7.53. The molecule has 1 aromatic rings. The molecule has 1 aliphatic heterocycles. The predicted octanol–water partition coefficient (Wildman–Crippen LogP) is 5.11. The minimum absolute atomic E-state index is 0.00551. The molecule has 148 valence electrons. The molecule has 0 spiro atoms. The van der Waals surface area contributed by atoms with Gasteiger partial charge in [0.1, 0.15) is 4.32 Å². The number of benzene rings is 1. The van der Waals surface area contributed by atoms with Crippen LogP contribution in [0.3, 0.4) is 0 Å². The van der Waals surface area contributed by atoms with Crippen molar-refractivity contribution in [3.05, 3.63) is 28.8 Å². The summed E-state index contributed by atoms with van der Waals surface area (Å²) >= 11 is 12.1. The normalized spacial score (nSPS) is 17.5. The van der Waals surface area contributed by atoms with Crippen molar-refractivity contribution >= 4 is 57.4 Å². The average Bonchev–Trinajstić information content (AvgIpc) is 2.81. The molecule has 0 radical (unpaired) electrons. The number of anilines is 1. The second-order valence-corrected chi connectivity index (χ2v) is 8.45. The van der Waals surface area contributed by atoms with E-state index in [0.29, 0.717) is 30.1 Å². The number of carbonyl (C=O) groups excluding carboxylic acids is 2. The fourth-order valence-electron chi connectivity index (χ4n) is 2.55. The van der Waals surface area contributed by atoms with Gasteiger partial charge >= 0.3 is 6.18 Å². The Balaban J connectivity index is 1.74. The zero-order chi connectivity index (χ0) is 20.2. The molecule has 1 atom stereocenters. The summed E-state index contributed by atoms with van der Waals surface area (Å²) in [6.07, 6.45) is -2.45. The second-order valence-electron chi connectivity index (χ2n) is 6.07. The Labute approximate surface area is 169 Å². The lowest BCUT2D eigenvalue weighted by atomic mass is 10.1. The van der Waals surface area contributed by atoms with Crippen LogP contribution < -0.4 is 5.32 Å². The number of hydrogen-bond acceptors (Lipinski definition) is 4. The zero-order valence-electron chi connectivity index (χ0n) is 14.4. The molecular weight excluding hydrogens is 421 g/mol. The summed E-state index contributed by atoms with van der Waals surface area (Å²) in [4.78, 5) is 25.4.